The Kier molecular flexibility index (Phi) is 5.24. The topological polar surface area (TPSA) is 46.5 Å². The number of carbonyl (C=O) groups excluding carboxylic acids is 1. The van der Waals surface area contributed by atoms with Crippen molar-refractivity contribution in [3.8, 4) is 5.75 Å². The van der Waals surface area contributed by atoms with Gasteiger partial charge in [0.15, 0.2) is 0 Å². The van der Waals surface area contributed by atoms with Crippen molar-refractivity contribution in [2.75, 3.05) is 0 Å². The lowest BCUT2D eigenvalue weighted by Gasteiger charge is -2.41. The van der Waals surface area contributed by atoms with Crippen LogP contribution in [0, 0.1) is 17.8 Å². The summed E-state index contributed by atoms with van der Waals surface area (Å²) >= 11 is 0. The van der Waals surface area contributed by atoms with Crippen LogP contribution in [0.5, 0.6) is 5.75 Å². The van der Waals surface area contributed by atoms with E-state index in [2.05, 4.69) is 6.92 Å². The molecular formula is C20H28O3. The maximum Gasteiger partial charge on any atom is 0.338 e. The highest BCUT2D eigenvalue weighted by molar-refractivity contribution is 5.89. The lowest BCUT2D eigenvalue weighted by molar-refractivity contribution is -0.00620. The number of hydrogen-bond donors (Lipinski definition) is 1. The second kappa shape index (κ2) is 7.37. The van der Waals surface area contributed by atoms with Crippen molar-refractivity contribution >= 4 is 5.97 Å². The molecule has 0 spiro atoms. The Bertz CT molecular complexity index is 522. The van der Waals surface area contributed by atoms with Crippen LogP contribution < -0.4 is 0 Å². The average Bonchev–Trinajstić information content (AvgIpc) is 2.56. The minimum Gasteiger partial charge on any atom is -0.508 e. The highest BCUT2D eigenvalue weighted by atomic mass is 16.5. The normalized spacial score (nSPS) is 30.5. The summed E-state index contributed by atoms with van der Waals surface area (Å²) < 4.78 is 5.72. The van der Waals surface area contributed by atoms with Crippen molar-refractivity contribution in [2.24, 2.45) is 17.8 Å². The number of esters is 1. The van der Waals surface area contributed by atoms with Crippen LogP contribution in [0.25, 0.3) is 0 Å². The van der Waals surface area contributed by atoms with Crippen molar-refractivity contribution in [1.82, 2.24) is 0 Å². The molecule has 0 amide bonds. The van der Waals surface area contributed by atoms with Crippen LogP contribution in [0.3, 0.4) is 0 Å². The molecule has 3 rings (SSSR count). The molecule has 4 unspecified atom stereocenters. The fraction of sp³-hybridized carbons (Fsp3) is 0.650. The molecule has 3 heteroatoms. The van der Waals surface area contributed by atoms with Gasteiger partial charge < -0.3 is 9.84 Å². The van der Waals surface area contributed by atoms with E-state index in [0.29, 0.717) is 5.56 Å². The van der Waals surface area contributed by atoms with Crippen LogP contribution in [0.15, 0.2) is 24.3 Å². The third-order valence-corrected chi connectivity index (χ3v) is 5.75. The van der Waals surface area contributed by atoms with Gasteiger partial charge in [0.2, 0.25) is 0 Å². The summed E-state index contributed by atoms with van der Waals surface area (Å²) in [5.41, 5.74) is 0.525. The fourth-order valence-electron chi connectivity index (χ4n) is 4.54. The van der Waals surface area contributed by atoms with Crippen LogP contribution in [-0.2, 0) is 4.74 Å². The van der Waals surface area contributed by atoms with Gasteiger partial charge in [0, 0.05) is 0 Å². The van der Waals surface area contributed by atoms with Gasteiger partial charge in [-0.3, -0.25) is 0 Å². The summed E-state index contributed by atoms with van der Waals surface area (Å²) in [6.45, 7) is 2.28. The van der Waals surface area contributed by atoms with Gasteiger partial charge in [-0.15, -0.1) is 0 Å². The number of benzene rings is 1. The van der Waals surface area contributed by atoms with E-state index in [1.807, 2.05) is 0 Å². The first-order valence-electron chi connectivity index (χ1n) is 9.15. The molecule has 1 aromatic rings. The Morgan fingerprint density at radius 3 is 2.52 bits per heavy atom. The third-order valence-electron chi connectivity index (χ3n) is 5.75. The molecule has 0 aromatic heterocycles. The predicted octanol–water partition coefficient (Wildman–Crippen LogP) is 4.93. The van der Waals surface area contributed by atoms with E-state index < -0.39 is 0 Å². The molecule has 0 heterocycles. The van der Waals surface area contributed by atoms with E-state index in [0.717, 1.165) is 30.6 Å². The monoisotopic (exact) mass is 316 g/mol. The number of ether oxygens (including phenoxy) is 1. The Morgan fingerprint density at radius 1 is 1.09 bits per heavy atom. The Labute approximate surface area is 139 Å². The summed E-state index contributed by atoms with van der Waals surface area (Å²) in [5.74, 6) is 2.44. The molecular weight excluding hydrogens is 288 g/mol. The van der Waals surface area contributed by atoms with E-state index in [-0.39, 0.29) is 17.8 Å². The summed E-state index contributed by atoms with van der Waals surface area (Å²) in [4.78, 5) is 12.2. The van der Waals surface area contributed by atoms with Gasteiger partial charge in [-0.25, -0.2) is 4.79 Å². The van der Waals surface area contributed by atoms with Crippen LogP contribution in [0.4, 0.5) is 0 Å². The number of carbonyl (C=O) groups is 1. The Hall–Kier alpha value is -1.51. The zero-order valence-electron chi connectivity index (χ0n) is 14.0. The molecule has 4 atom stereocenters. The molecule has 0 radical (unpaired) electrons. The lowest BCUT2D eigenvalue weighted by Crippen LogP contribution is -2.35. The molecule has 1 aromatic carbocycles. The maximum absolute atomic E-state index is 12.2. The van der Waals surface area contributed by atoms with E-state index >= 15 is 0 Å². The van der Waals surface area contributed by atoms with Gasteiger partial charge in [0.25, 0.3) is 0 Å². The first-order valence-corrected chi connectivity index (χ1v) is 9.15. The summed E-state index contributed by atoms with van der Waals surface area (Å²) in [6, 6.07) is 6.31. The zero-order valence-corrected chi connectivity index (χ0v) is 14.0. The quantitative estimate of drug-likeness (QED) is 0.801. The van der Waals surface area contributed by atoms with E-state index in [9.17, 15) is 9.90 Å². The number of fused-ring (bicyclic) bond motifs is 1. The molecule has 0 saturated heterocycles. The van der Waals surface area contributed by atoms with Gasteiger partial charge >= 0.3 is 5.97 Å². The largest absolute Gasteiger partial charge is 0.508 e. The molecule has 2 fully saturated rings. The van der Waals surface area contributed by atoms with Gasteiger partial charge in [-0.2, -0.15) is 0 Å². The highest BCUT2D eigenvalue weighted by Crippen LogP contribution is 2.44. The van der Waals surface area contributed by atoms with Crippen molar-refractivity contribution in [3.05, 3.63) is 29.8 Å². The Morgan fingerprint density at radius 2 is 1.78 bits per heavy atom. The summed E-state index contributed by atoms with van der Waals surface area (Å²) in [5, 5.41) is 9.30. The summed E-state index contributed by atoms with van der Waals surface area (Å²) in [7, 11) is 0. The molecule has 0 bridgehead atoms. The van der Waals surface area contributed by atoms with Gasteiger partial charge in [-0.05, 0) is 74.1 Å². The van der Waals surface area contributed by atoms with E-state index in [1.165, 1.54) is 50.7 Å². The minimum atomic E-state index is -0.256. The highest BCUT2D eigenvalue weighted by Gasteiger charge is 2.36. The van der Waals surface area contributed by atoms with Crippen LogP contribution in [-0.4, -0.2) is 17.2 Å². The van der Waals surface area contributed by atoms with Crippen LogP contribution >= 0.6 is 0 Å². The van der Waals surface area contributed by atoms with E-state index in [1.54, 1.807) is 12.1 Å². The van der Waals surface area contributed by atoms with Crippen LogP contribution in [0.2, 0.25) is 0 Å². The first kappa shape index (κ1) is 16.4. The fourth-order valence-corrected chi connectivity index (χ4v) is 4.54. The molecule has 0 aliphatic heterocycles. The molecule has 2 aliphatic carbocycles. The SMILES string of the molecule is CCCC1CCC2CC(OC(=O)c3ccc(O)cc3)CCC2C1. The first-order chi connectivity index (χ1) is 11.2. The van der Waals surface area contributed by atoms with Gasteiger partial charge in [0.1, 0.15) is 11.9 Å². The number of rotatable bonds is 4. The van der Waals surface area contributed by atoms with Gasteiger partial charge in [-0.1, -0.05) is 26.2 Å². The van der Waals surface area contributed by atoms with E-state index in [4.69, 9.17) is 4.74 Å². The molecule has 2 aliphatic rings. The molecule has 2 saturated carbocycles. The van der Waals surface area contributed by atoms with Crippen molar-refractivity contribution in [2.45, 2.75) is 64.4 Å². The molecule has 1 N–H and O–H groups in total. The maximum atomic E-state index is 12.2. The van der Waals surface area contributed by atoms with Crippen molar-refractivity contribution < 1.29 is 14.6 Å². The second-order valence-corrected chi connectivity index (χ2v) is 7.38. The van der Waals surface area contributed by atoms with Crippen LogP contribution in [0.1, 0.15) is 68.6 Å². The lowest BCUT2D eigenvalue weighted by atomic mass is 9.66. The number of phenolic OH excluding ortho intramolecular Hbond substituents is 1. The number of aromatic hydroxyl groups is 1. The van der Waals surface area contributed by atoms with Gasteiger partial charge in [0.05, 0.1) is 5.56 Å². The zero-order chi connectivity index (χ0) is 16.2. The Balaban J connectivity index is 1.52. The average molecular weight is 316 g/mol. The third kappa shape index (κ3) is 4.07. The van der Waals surface area contributed by atoms with Crippen molar-refractivity contribution in [3.63, 3.8) is 0 Å². The molecule has 23 heavy (non-hydrogen) atoms. The number of hydrogen-bond acceptors (Lipinski definition) is 3. The minimum absolute atomic E-state index is 0.0697. The number of phenols is 1. The molecule has 3 nitrogen and oxygen atoms in total. The standard InChI is InChI=1S/C20H28O3/c1-2-3-14-4-5-17-13-19(11-8-16(17)12-14)23-20(22)15-6-9-18(21)10-7-15/h6-7,9-10,14,16-17,19,21H,2-5,8,11-13H2,1H3. The molecule has 126 valence electrons. The predicted molar refractivity (Wildman–Crippen MR) is 90.4 cm³/mol. The summed E-state index contributed by atoms with van der Waals surface area (Å²) in [6.07, 6.45) is 10.0. The van der Waals surface area contributed by atoms with Crippen molar-refractivity contribution in [1.29, 1.82) is 0 Å². The second-order valence-electron chi connectivity index (χ2n) is 7.38. The smallest absolute Gasteiger partial charge is 0.338 e.